The van der Waals surface area contributed by atoms with Crippen molar-refractivity contribution in [3.05, 3.63) is 114 Å². The Morgan fingerprint density at radius 3 is 2.06 bits per heavy atom. The van der Waals surface area contributed by atoms with Crippen molar-refractivity contribution < 1.29 is 0 Å². The van der Waals surface area contributed by atoms with Crippen molar-refractivity contribution in [2.75, 3.05) is 9.80 Å². The SMILES string of the molecule is Cc1ccc(N2C3=C(CCCC3)B3c4ccccc4N(c4ccccc4)c4cccc2c43)cc1. The van der Waals surface area contributed by atoms with Crippen LogP contribution in [0, 0.1) is 6.92 Å². The van der Waals surface area contributed by atoms with Crippen molar-refractivity contribution in [3.63, 3.8) is 0 Å². The molecular formula is C31H27BN2. The van der Waals surface area contributed by atoms with E-state index in [1.54, 1.807) is 5.47 Å². The van der Waals surface area contributed by atoms with Gasteiger partial charge in [-0.3, -0.25) is 0 Å². The van der Waals surface area contributed by atoms with Gasteiger partial charge in [-0.05, 0) is 86.0 Å². The van der Waals surface area contributed by atoms with Crippen molar-refractivity contribution in [2.24, 2.45) is 0 Å². The number of benzene rings is 4. The fourth-order valence-corrected chi connectivity index (χ4v) is 6.28. The van der Waals surface area contributed by atoms with Crippen LogP contribution in [-0.4, -0.2) is 6.71 Å². The van der Waals surface area contributed by atoms with Gasteiger partial charge in [-0.2, -0.15) is 0 Å². The van der Waals surface area contributed by atoms with Gasteiger partial charge in [-0.25, -0.2) is 0 Å². The summed E-state index contributed by atoms with van der Waals surface area (Å²) >= 11 is 0. The van der Waals surface area contributed by atoms with E-state index in [-0.39, 0.29) is 0 Å². The Balaban J connectivity index is 1.54. The van der Waals surface area contributed by atoms with Crippen LogP contribution in [0.2, 0.25) is 0 Å². The molecule has 164 valence electrons. The molecule has 0 fully saturated rings. The van der Waals surface area contributed by atoms with E-state index in [2.05, 4.69) is 114 Å². The first-order chi connectivity index (χ1) is 16.8. The maximum absolute atomic E-state index is 2.57. The summed E-state index contributed by atoms with van der Waals surface area (Å²) < 4.78 is 0. The molecule has 4 aromatic carbocycles. The normalized spacial score (nSPS) is 16.2. The van der Waals surface area contributed by atoms with Crippen LogP contribution in [0.5, 0.6) is 0 Å². The van der Waals surface area contributed by atoms with Crippen molar-refractivity contribution in [1.82, 2.24) is 0 Å². The maximum atomic E-state index is 2.57. The minimum absolute atomic E-state index is 0.333. The lowest BCUT2D eigenvalue weighted by atomic mass is 9.32. The fraction of sp³-hybridized carbons (Fsp3) is 0.161. The Bertz CT molecular complexity index is 1420. The predicted octanol–water partition coefficient (Wildman–Crippen LogP) is 6.91. The molecule has 0 bridgehead atoms. The van der Waals surface area contributed by atoms with Crippen LogP contribution < -0.4 is 20.7 Å². The molecule has 0 amide bonds. The van der Waals surface area contributed by atoms with Gasteiger partial charge in [0.1, 0.15) is 0 Å². The zero-order chi connectivity index (χ0) is 22.6. The molecule has 0 radical (unpaired) electrons. The molecule has 0 aromatic heterocycles. The smallest absolute Gasteiger partial charge is 0.247 e. The summed E-state index contributed by atoms with van der Waals surface area (Å²) in [5, 5.41) is 0. The lowest BCUT2D eigenvalue weighted by molar-refractivity contribution is 0.679. The van der Waals surface area contributed by atoms with Crippen LogP contribution in [0.4, 0.5) is 28.4 Å². The number of fused-ring (bicyclic) bond motifs is 3. The van der Waals surface area contributed by atoms with E-state index in [1.807, 2.05) is 0 Å². The van der Waals surface area contributed by atoms with E-state index in [9.17, 15) is 0 Å². The summed E-state index contributed by atoms with van der Waals surface area (Å²) in [6.45, 7) is 2.50. The molecule has 3 heteroatoms. The number of nitrogens with zero attached hydrogens (tertiary/aromatic N) is 2. The summed E-state index contributed by atoms with van der Waals surface area (Å²) in [4.78, 5) is 5.03. The summed E-state index contributed by atoms with van der Waals surface area (Å²) in [5.41, 5.74) is 13.8. The topological polar surface area (TPSA) is 6.48 Å². The second-order valence-corrected chi connectivity index (χ2v) is 9.72. The van der Waals surface area contributed by atoms with E-state index in [0.29, 0.717) is 6.71 Å². The van der Waals surface area contributed by atoms with E-state index in [1.165, 1.54) is 69.9 Å². The monoisotopic (exact) mass is 438 g/mol. The third-order valence-corrected chi connectivity index (χ3v) is 7.72. The van der Waals surface area contributed by atoms with Crippen LogP contribution >= 0.6 is 0 Å². The van der Waals surface area contributed by atoms with E-state index >= 15 is 0 Å². The molecule has 0 spiro atoms. The summed E-state index contributed by atoms with van der Waals surface area (Å²) in [7, 11) is 0. The molecule has 0 N–H and O–H groups in total. The average Bonchev–Trinajstić information content (AvgIpc) is 2.90. The standard InChI is InChI=1S/C31H27BN2/c1-22-18-20-24(21-19-22)34-28-15-8-6-13-26(28)32-25-12-5-7-14-27(25)33(23-10-3-2-4-11-23)29-16-9-17-30(34)31(29)32/h2-5,7,9-12,14,16-21H,6,8,13,15H2,1H3. The largest absolute Gasteiger partial charge is 0.315 e. The van der Waals surface area contributed by atoms with Gasteiger partial charge in [0, 0.05) is 34.1 Å². The first-order valence-electron chi connectivity index (χ1n) is 12.5. The first kappa shape index (κ1) is 19.7. The molecular weight excluding hydrogens is 411 g/mol. The van der Waals surface area contributed by atoms with Gasteiger partial charge < -0.3 is 9.80 Å². The summed E-state index contributed by atoms with van der Waals surface area (Å²) in [6, 6.07) is 35.8. The van der Waals surface area contributed by atoms with Gasteiger partial charge in [0.2, 0.25) is 6.71 Å². The van der Waals surface area contributed by atoms with Crippen LogP contribution in [0.15, 0.2) is 108 Å². The van der Waals surface area contributed by atoms with Crippen molar-refractivity contribution in [3.8, 4) is 0 Å². The third kappa shape index (κ3) is 2.83. The lowest BCUT2D eigenvalue weighted by Gasteiger charge is -2.46. The average molecular weight is 438 g/mol. The van der Waals surface area contributed by atoms with E-state index in [0.717, 1.165) is 6.42 Å². The van der Waals surface area contributed by atoms with Crippen molar-refractivity contribution >= 4 is 46.1 Å². The number of para-hydroxylation sites is 2. The Kier molecular flexibility index (Phi) is 4.45. The first-order valence-corrected chi connectivity index (χ1v) is 12.5. The van der Waals surface area contributed by atoms with E-state index < -0.39 is 0 Å². The van der Waals surface area contributed by atoms with Gasteiger partial charge in [0.05, 0.1) is 0 Å². The van der Waals surface area contributed by atoms with Gasteiger partial charge >= 0.3 is 0 Å². The van der Waals surface area contributed by atoms with Gasteiger partial charge in [-0.1, -0.05) is 65.6 Å². The molecule has 1 aliphatic carbocycles. The third-order valence-electron chi connectivity index (χ3n) is 7.72. The Labute approximate surface area is 202 Å². The molecule has 0 unspecified atom stereocenters. The number of hydrogen-bond donors (Lipinski definition) is 0. The highest BCUT2D eigenvalue weighted by molar-refractivity contribution is 6.95. The second kappa shape index (κ2) is 7.67. The quantitative estimate of drug-likeness (QED) is 0.314. The fourth-order valence-electron chi connectivity index (χ4n) is 6.28. The van der Waals surface area contributed by atoms with Gasteiger partial charge in [0.15, 0.2) is 0 Å². The molecule has 7 rings (SSSR count). The Morgan fingerprint density at radius 1 is 0.588 bits per heavy atom. The minimum Gasteiger partial charge on any atom is -0.315 e. The molecule has 0 atom stereocenters. The van der Waals surface area contributed by atoms with Crippen LogP contribution in [-0.2, 0) is 0 Å². The van der Waals surface area contributed by atoms with Crippen LogP contribution in [0.3, 0.4) is 0 Å². The molecule has 3 aliphatic rings. The zero-order valence-electron chi connectivity index (χ0n) is 19.5. The highest BCUT2D eigenvalue weighted by Gasteiger charge is 2.44. The molecule has 34 heavy (non-hydrogen) atoms. The molecule has 2 aliphatic heterocycles. The number of anilines is 5. The molecule has 0 saturated heterocycles. The predicted molar refractivity (Wildman–Crippen MR) is 145 cm³/mol. The zero-order valence-corrected chi connectivity index (χ0v) is 19.5. The molecule has 0 saturated carbocycles. The van der Waals surface area contributed by atoms with Crippen LogP contribution in [0.25, 0.3) is 0 Å². The number of aryl methyl sites for hydroxylation is 1. The molecule has 4 aromatic rings. The number of allylic oxidation sites excluding steroid dienone is 2. The summed E-state index contributed by atoms with van der Waals surface area (Å²) in [6.07, 6.45) is 4.86. The number of rotatable bonds is 2. The lowest BCUT2D eigenvalue weighted by Crippen LogP contribution is -2.56. The highest BCUT2D eigenvalue weighted by atomic mass is 15.2. The van der Waals surface area contributed by atoms with Crippen molar-refractivity contribution in [2.45, 2.75) is 32.6 Å². The minimum atomic E-state index is 0.333. The van der Waals surface area contributed by atoms with Gasteiger partial charge in [0.25, 0.3) is 0 Å². The Morgan fingerprint density at radius 2 is 1.24 bits per heavy atom. The van der Waals surface area contributed by atoms with E-state index in [4.69, 9.17) is 0 Å². The molecule has 2 nitrogen and oxygen atoms in total. The highest BCUT2D eigenvalue weighted by Crippen LogP contribution is 2.46. The van der Waals surface area contributed by atoms with Crippen LogP contribution in [0.1, 0.15) is 31.2 Å². The molecule has 2 heterocycles. The maximum Gasteiger partial charge on any atom is 0.247 e. The summed E-state index contributed by atoms with van der Waals surface area (Å²) in [5.74, 6) is 0. The second-order valence-electron chi connectivity index (χ2n) is 9.72. The van der Waals surface area contributed by atoms with Gasteiger partial charge in [-0.15, -0.1) is 0 Å². The number of hydrogen-bond acceptors (Lipinski definition) is 2. The van der Waals surface area contributed by atoms with Crippen molar-refractivity contribution in [1.29, 1.82) is 0 Å². The Hall–Kier alpha value is -3.72.